The van der Waals surface area contributed by atoms with Gasteiger partial charge in [0, 0.05) is 18.7 Å². The van der Waals surface area contributed by atoms with Crippen LogP contribution in [0.5, 0.6) is 5.75 Å². The second-order valence-electron chi connectivity index (χ2n) is 4.87. The zero-order valence-corrected chi connectivity index (χ0v) is 12.7. The van der Waals surface area contributed by atoms with Crippen LogP contribution in [0, 0.1) is 5.92 Å². The molecule has 1 rings (SSSR count). The Hall–Kier alpha value is -1.07. The number of nitrogens with one attached hydrogen (secondary N) is 1. The lowest BCUT2D eigenvalue weighted by molar-refractivity contribution is 0.255. The van der Waals surface area contributed by atoms with E-state index in [1.807, 2.05) is 0 Å². The summed E-state index contributed by atoms with van der Waals surface area (Å²) in [5.41, 5.74) is 0. The fourth-order valence-corrected chi connectivity index (χ4v) is 2.27. The molecule has 0 heterocycles. The maximum absolute atomic E-state index is 11.4. The Morgan fingerprint density at radius 2 is 2.11 bits per heavy atom. The van der Waals surface area contributed by atoms with Crippen LogP contribution in [0.15, 0.2) is 29.2 Å². The SMILES string of the molecule is CCCNCC(C)COc1cccc(S(C)(=O)=O)c1. The molecule has 108 valence electrons. The van der Waals surface area contributed by atoms with Gasteiger partial charge in [0.2, 0.25) is 0 Å². The Morgan fingerprint density at radius 3 is 2.74 bits per heavy atom. The van der Waals surface area contributed by atoms with Gasteiger partial charge in [-0.05, 0) is 31.2 Å². The van der Waals surface area contributed by atoms with Gasteiger partial charge in [0.05, 0.1) is 11.5 Å². The number of rotatable bonds is 8. The summed E-state index contributed by atoms with van der Waals surface area (Å²) in [5.74, 6) is 0.985. The number of ether oxygens (including phenoxy) is 1. The molecule has 1 aromatic rings. The van der Waals surface area contributed by atoms with Gasteiger partial charge in [-0.3, -0.25) is 0 Å². The quantitative estimate of drug-likeness (QED) is 0.743. The standard InChI is InChI=1S/C14H23NO3S/c1-4-8-15-10-12(2)11-18-13-6-5-7-14(9-13)19(3,16)17/h5-7,9,12,15H,4,8,10-11H2,1-3H3. The van der Waals surface area contributed by atoms with Crippen molar-refractivity contribution in [2.24, 2.45) is 5.92 Å². The molecule has 0 aliphatic rings. The van der Waals surface area contributed by atoms with E-state index in [1.54, 1.807) is 24.3 Å². The zero-order chi connectivity index (χ0) is 14.3. The average molecular weight is 285 g/mol. The minimum Gasteiger partial charge on any atom is -0.493 e. The van der Waals surface area contributed by atoms with Gasteiger partial charge in [-0.1, -0.05) is 19.9 Å². The van der Waals surface area contributed by atoms with Crippen molar-refractivity contribution in [1.29, 1.82) is 0 Å². The molecule has 0 aromatic heterocycles. The van der Waals surface area contributed by atoms with Gasteiger partial charge in [-0.25, -0.2) is 8.42 Å². The summed E-state index contributed by atoms with van der Waals surface area (Å²) in [6, 6.07) is 6.63. The molecule has 0 aliphatic carbocycles. The summed E-state index contributed by atoms with van der Waals surface area (Å²) in [5, 5.41) is 3.33. The molecular formula is C14H23NO3S. The van der Waals surface area contributed by atoms with E-state index in [0.717, 1.165) is 19.5 Å². The van der Waals surface area contributed by atoms with E-state index < -0.39 is 9.84 Å². The highest BCUT2D eigenvalue weighted by molar-refractivity contribution is 7.90. The second kappa shape index (κ2) is 7.50. The molecule has 5 heteroatoms. The first-order chi connectivity index (χ1) is 8.93. The van der Waals surface area contributed by atoms with Crippen molar-refractivity contribution in [3.8, 4) is 5.75 Å². The molecular weight excluding hydrogens is 262 g/mol. The van der Waals surface area contributed by atoms with Gasteiger partial charge in [-0.15, -0.1) is 0 Å². The molecule has 0 saturated heterocycles. The lowest BCUT2D eigenvalue weighted by Crippen LogP contribution is -2.25. The van der Waals surface area contributed by atoms with Crippen LogP contribution >= 0.6 is 0 Å². The van der Waals surface area contributed by atoms with E-state index in [0.29, 0.717) is 23.2 Å². The third-order valence-corrected chi connectivity index (χ3v) is 3.80. The molecule has 0 aliphatic heterocycles. The first-order valence-corrected chi connectivity index (χ1v) is 8.46. The van der Waals surface area contributed by atoms with Crippen LogP contribution in [0.3, 0.4) is 0 Å². The van der Waals surface area contributed by atoms with E-state index in [4.69, 9.17) is 4.74 Å². The lowest BCUT2D eigenvalue weighted by atomic mass is 10.2. The summed E-state index contributed by atoms with van der Waals surface area (Å²) < 4.78 is 28.5. The molecule has 1 N–H and O–H groups in total. The summed E-state index contributed by atoms with van der Waals surface area (Å²) in [6.45, 7) is 6.71. The van der Waals surface area contributed by atoms with E-state index in [1.165, 1.54) is 6.26 Å². The van der Waals surface area contributed by atoms with Crippen LogP contribution in [-0.2, 0) is 9.84 Å². The molecule has 0 spiro atoms. The van der Waals surface area contributed by atoms with Crippen molar-refractivity contribution in [2.45, 2.75) is 25.2 Å². The molecule has 0 saturated carbocycles. The smallest absolute Gasteiger partial charge is 0.175 e. The number of hydrogen-bond donors (Lipinski definition) is 1. The van der Waals surface area contributed by atoms with Crippen LogP contribution < -0.4 is 10.1 Å². The summed E-state index contributed by atoms with van der Waals surface area (Å²) >= 11 is 0. The molecule has 0 fully saturated rings. The predicted octanol–water partition coefficient (Wildman–Crippen LogP) is 2.10. The van der Waals surface area contributed by atoms with E-state index in [9.17, 15) is 8.42 Å². The summed E-state index contributed by atoms with van der Waals surface area (Å²) in [4.78, 5) is 0.293. The Labute approximate surface area is 116 Å². The van der Waals surface area contributed by atoms with Crippen molar-refractivity contribution in [1.82, 2.24) is 5.32 Å². The van der Waals surface area contributed by atoms with Crippen molar-refractivity contribution in [3.05, 3.63) is 24.3 Å². The van der Waals surface area contributed by atoms with Gasteiger partial charge in [-0.2, -0.15) is 0 Å². The highest BCUT2D eigenvalue weighted by Gasteiger charge is 2.08. The number of sulfone groups is 1. The summed E-state index contributed by atoms with van der Waals surface area (Å²) in [6.07, 6.45) is 2.31. The van der Waals surface area contributed by atoms with Gasteiger partial charge in [0.15, 0.2) is 9.84 Å². The van der Waals surface area contributed by atoms with Gasteiger partial charge in [0.25, 0.3) is 0 Å². The van der Waals surface area contributed by atoms with Gasteiger partial charge in [0.1, 0.15) is 5.75 Å². The third-order valence-electron chi connectivity index (χ3n) is 2.69. The number of benzene rings is 1. The fourth-order valence-electron chi connectivity index (χ4n) is 1.62. The summed E-state index contributed by atoms with van der Waals surface area (Å²) in [7, 11) is -3.17. The molecule has 4 nitrogen and oxygen atoms in total. The predicted molar refractivity (Wildman–Crippen MR) is 77.4 cm³/mol. The van der Waals surface area contributed by atoms with E-state index in [2.05, 4.69) is 19.2 Å². The van der Waals surface area contributed by atoms with Gasteiger partial charge < -0.3 is 10.1 Å². The maximum Gasteiger partial charge on any atom is 0.175 e. The molecule has 0 bridgehead atoms. The van der Waals surface area contributed by atoms with Crippen molar-refractivity contribution in [3.63, 3.8) is 0 Å². The Bertz CT molecular complexity index is 485. The lowest BCUT2D eigenvalue weighted by Gasteiger charge is -2.14. The minimum atomic E-state index is -3.17. The largest absolute Gasteiger partial charge is 0.493 e. The topological polar surface area (TPSA) is 55.4 Å². The highest BCUT2D eigenvalue weighted by atomic mass is 32.2. The maximum atomic E-state index is 11.4. The second-order valence-corrected chi connectivity index (χ2v) is 6.88. The average Bonchev–Trinajstić information content (AvgIpc) is 2.36. The highest BCUT2D eigenvalue weighted by Crippen LogP contribution is 2.17. The Balaban J connectivity index is 2.49. The van der Waals surface area contributed by atoms with Crippen molar-refractivity contribution < 1.29 is 13.2 Å². The van der Waals surface area contributed by atoms with Crippen LogP contribution in [0.25, 0.3) is 0 Å². The molecule has 1 unspecified atom stereocenters. The van der Waals surface area contributed by atoms with E-state index in [-0.39, 0.29) is 0 Å². The Morgan fingerprint density at radius 1 is 1.37 bits per heavy atom. The van der Waals surface area contributed by atoms with Crippen molar-refractivity contribution >= 4 is 9.84 Å². The minimum absolute atomic E-state index is 0.293. The molecule has 1 aromatic carbocycles. The first-order valence-electron chi connectivity index (χ1n) is 6.57. The molecule has 0 radical (unpaired) electrons. The monoisotopic (exact) mass is 285 g/mol. The third kappa shape index (κ3) is 6.07. The molecule has 1 atom stereocenters. The van der Waals surface area contributed by atoms with Crippen LogP contribution in [0.1, 0.15) is 20.3 Å². The van der Waals surface area contributed by atoms with Crippen molar-refractivity contribution in [2.75, 3.05) is 26.0 Å². The molecule has 19 heavy (non-hydrogen) atoms. The Kier molecular flexibility index (Phi) is 6.31. The van der Waals surface area contributed by atoms with Crippen LogP contribution in [0.2, 0.25) is 0 Å². The molecule has 0 amide bonds. The number of hydrogen-bond acceptors (Lipinski definition) is 4. The normalized spacial score (nSPS) is 13.2. The first kappa shape index (κ1) is 16.0. The van der Waals surface area contributed by atoms with Gasteiger partial charge >= 0.3 is 0 Å². The van der Waals surface area contributed by atoms with Crippen LogP contribution in [-0.4, -0.2) is 34.4 Å². The van der Waals surface area contributed by atoms with Crippen LogP contribution in [0.4, 0.5) is 0 Å². The fraction of sp³-hybridized carbons (Fsp3) is 0.571. The van der Waals surface area contributed by atoms with E-state index >= 15 is 0 Å². The zero-order valence-electron chi connectivity index (χ0n) is 11.8.